The van der Waals surface area contributed by atoms with Gasteiger partial charge in [0.25, 0.3) is 0 Å². The number of aromatic nitrogens is 3. The number of carbonyl (C=O) groups is 2. The van der Waals surface area contributed by atoms with Crippen molar-refractivity contribution < 1.29 is 14.7 Å². The number of aliphatic carboxylic acids is 1. The molecule has 104 valence electrons. The van der Waals surface area contributed by atoms with Gasteiger partial charge in [-0.1, -0.05) is 5.21 Å². The molecule has 2 heterocycles. The molecule has 1 aliphatic heterocycles. The van der Waals surface area contributed by atoms with E-state index in [1.807, 2.05) is 11.8 Å². The van der Waals surface area contributed by atoms with Crippen LogP contribution < -0.4 is 0 Å². The first-order valence-electron chi connectivity index (χ1n) is 6.46. The molecule has 1 aliphatic rings. The third kappa shape index (κ3) is 3.30. The number of rotatable bonds is 5. The van der Waals surface area contributed by atoms with Crippen LogP contribution in [0, 0.1) is 6.92 Å². The van der Waals surface area contributed by atoms with Gasteiger partial charge in [0, 0.05) is 19.5 Å². The van der Waals surface area contributed by atoms with Crippen LogP contribution in [0.15, 0.2) is 0 Å². The topological polar surface area (TPSA) is 88.3 Å². The van der Waals surface area contributed by atoms with Gasteiger partial charge in [-0.15, -0.1) is 5.10 Å². The van der Waals surface area contributed by atoms with Gasteiger partial charge in [-0.3, -0.25) is 9.59 Å². The van der Waals surface area contributed by atoms with Crippen LogP contribution in [0.5, 0.6) is 0 Å². The van der Waals surface area contributed by atoms with Crippen molar-refractivity contribution in [3.05, 3.63) is 11.4 Å². The number of aryl methyl sites for hydroxylation is 1. The third-order valence-electron chi connectivity index (χ3n) is 3.40. The minimum atomic E-state index is -0.859. The number of hydrogen-bond acceptors (Lipinski definition) is 4. The fraction of sp³-hybridized carbons (Fsp3) is 0.667. The number of carboxylic acids is 1. The minimum absolute atomic E-state index is 0.0274. The molecule has 0 spiro atoms. The highest BCUT2D eigenvalue weighted by Crippen LogP contribution is 2.10. The van der Waals surface area contributed by atoms with Crippen molar-refractivity contribution in [1.29, 1.82) is 0 Å². The Kier molecular flexibility index (Phi) is 4.13. The molecule has 0 bridgehead atoms. The molecule has 0 saturated carbocycles. The van der Waals surface area contributed by atoms with Crippen molar-refractivity contribution in [2.45, 2.75) is 39.2 Å². The van der Waals surface area contributed by atoms with Crippen LogP contribution in [0.25, 0.3) is 0 Å². The zero-order valence-corrected chi connectivity index (χ0v) is 11.0. The standard InChI is InChI=1S/C12H18N4O3/c1-9-10(4-5-12(18)19)13-14-16(9)8-11(17)15-6-2-3-7-15/h2-8H2,1H3,(H,18,19). The molecular weight excluding hydrogens is 248 g/mol. The number of amides is 1. The van der Waals surface area contributed by atoms with Crippen LogP contribution in [0.3, 0.4) is 0 Å². The van der Waals surface area contributed by atoms with Crippen LogP contribution in [-0.4, -0.2) is 50.0 Å². The van der Waals surface area contributed by atoms with E-state index in [2.05, 4.69) is 10.3 Å². The van der Waals surface area contributed by atoms with Crippen molar-refractivity contribution in [2.24, 2.45) is 0 Å². The summed E-state index contributed by atoms with van der Waals surface area (Å²) in [6.07, 6.45) is 2.50. The number of carbonyl (C=O) groups excluding carboxylic acids is 1. The van der Waals surface area contributed by atoms with Gasteiger partial charge in [0.1, 0.15) is 6.54 Å². The molecule has 1 aromatic rings. The monoisotopic (exact) mass is 266 g/mol. The summed E-state index contributed by atoms with van der Waals surface area (Å²) < 4.78 is 1.55. The highest BCUT2D eigenvalue weighted by Gasteiger charge is 2.20. The van der Waals surface area contributed by atoms with Crippen molar-refractivity contribution >= 4 is 11.9 Å². The molecule has 1 amide bonds. The first-order chi connectivity index (χ1) is 9.08. The Balaban J connectivity index is 1.97. The summed E-state index contributed by atoms with van der Waals surface area (Å²) in [7, 11) is 0. The molecular formula is C12H18N4O3. The Morgan fingerprint density at radius 3 is 2.63 bits per heavy atom. The van der Waals surface area contributed by atoms with Crippen molar-refractivity contribution in [2.75, 3.05) is 13.1 Å². The second-order valence-corrected chi connectivity index (χ2v) is 4.76. The second-order valence-electron chi connectivity index (χ2n) is 4.76. The van der Waals surface area contributed by atoms with E-state index in [4.69, 9.17) is 5.11 Å². The Bertz CT molecular complexity index is 477. The average molecular weight is 266 g/mol. The van der Waals surface area contributed by atoms with Gasteiger partial charge >= 0.3 is 5.97 Å². The Labute approximate surface area is 111 Å². The number of nitrogens with zero attached hydrogens (tertiary/aromatic N) is 4. The van der Waals surface area contributed by atoms with Gasteiger partial charge in [0.2, 0.25) is 5.91 Å². The van der Waals surface area contributed by atoms with Crippen molar-refractivity contribution in [3.63, 3.8) is 0 Å². The summed E-state index contributed by atoms with van der Waals surface area (Å²) in [5.41, 5.74) is 1.42. The largest absolute Gasteiger partial charge is 0.481 e. The van der Waals surface area contributed by atoms with Gasteiger partial charge in [0.05, 0.1) is 17.8 Å². The smallest absolute Gasteiger partial charge is 0.303 e. The van der Waals surface area contributed by atoms with E-state index in [9.17, 15) is 9.59 Å². The van der Waals surface area contributed by atoms with E-state index in [-0.39, 0.29) is 18.9 Å². The predicted octanol–water partition coefficient (Wildman–Crippen LogP) is 0.226. The molecule has 7 heteroatoms. The SMILES string of the molecule is Cc1c(CCC(=O)O)nnn1CC(=O)N1CCCC1. The molecule has 2 rings (SSSR count). The van der Waals surface area contributed by atoms with E-state index >= 15 is 0 Å². The Hall–Kier alpha value is -1.92. The van der Waals surface area contributed by atoms with Crippen LogP contribution >= 0.6 is 0 Å². The maximum atomic E-state index is 12.0. The highest BCUT2D eigenvalue weighted by atomic mass is 16.4. The lowest BCUT2D eigenvalue weighted by atomic mass is 10.2. The third-order valence-corrected chi connectivity index (χ3v) is 3.40. The molecule has 0 aliphatic carbocycles. The maximum absolute atomic E-state index is 12.0. The average Bonchev–Trinajstić information content (AvgIpc) is 2.99. The van der Waals surface area contributed by atoms with Crippen molar-refractivity contribution in [3.8, 4) is 0 Å². The maximum Gasteiger partial charge on any atom is 0.303 e. The molecule has 1 saturated heterocycles. The van der Waals surface area contributed by atoms with Gasteiger partial charge in [0.15, 0.2) is 0 Å². The first kappa shape index (κ1) is 13.5. The molecule has 7 nitrogen and oxygen atoms in total. The van der Waals surface area contributed by atoms with Gasteiger partial charge in [-0.2, -0.15) is 0 Å². The second kappa shape index (κ2) is 5.81. The summed E-state index contributed by atoms with van der Waals surface area (Å²) in [5.74, 6) is -0.808. The van der Waals surface area contributed by atoms with Gasteiger partial charge in [-0.25, -0.2) is 4.68 Å². The molecule has 0 aromatic carbocycles. The Morgan fingerprint density at radius 1 is 1.32 bits per heavy atom. The van der Waals surface area contributed by atoms with E-state index < -0.39 is 5.97 Å². The lowest BCUT2D eigenvalue weighted by Gasteiger charge is -2.15. The van der Waals surface area contributed by atoms with Crippen LogP contribution in [-0.2, 0) is 22.6 Å². The number of likely N-dealkylation sites (tertiary alicyclic amines) is 1. The molecule has 0 unspecified atom stereocenters. The first-order valence-corrected chi connectivity index (χ1v) is 6.46. The molecule has 1 aromatic heterocycles. The van der Waals surface area contributed by atoms with Crippen LogP contribution in [0.1, 0.15) is 30.7 Å². The van der Waals surface area contributed by atoms with E-state index in [1.54, 1.807) is 4.68 Å². The summed E-state index contributed by atoms with van der Waals surface area (Å²) >= 11 is 0. The molecule has 1 N–H and O–H groups in total. The minimum Gasteiger partial charge on any atom is -0.481 e. The summed E-state index contributed by atoms with van der Waals surface area (Å²) in [6.45, 7) is 3.64. The number of carboxylic acid groups (broad SMARTS) is 1. The number of hydrogen-bond donors (Lipinski definition) is 1. The van der Waals surface area contributed by atoms with Gasteiger partial charge in [-0.05, 0) is 19.8 Å². The van der Waals surface area contributed by atoms with E-state index in [1.165, 1.54) is 0 Å². The summed E-state index contributed by atoms with van der Waals surface area (Å²) in [5, 5.41) is 16.5. The summed E-state index contributed by atoms with van der Waals surface area (Å²) in [6, 6.07) is 0. The lowest BCUT2D eigenvalue weighted by molar-refractivity contribution is -0.137. The molecule has 0 radical (unpaired) electrons. The van der Waals surface area contributed by atoms with E-state index in [0.29, 0.717) is 12.1 Å². The van der Waals surface area contributed by atoms with E-state index in [0.717, 1.165) is 31.6 Å². The van der Waals surface area contributed by atoms with Gasteiger partial charge < -0.3 is 10.0 Å². The fourth-order valence-electron chi connectivity index (χ4n) is 2.20. The van der Waals surface area contributed by atoms with Crippen LogP contribution in [0.4, 0.5) is 0 Å². The fourth-order valence-corrected chi connectivity index (χ4v) is 2.20. The Morgan fingerprint density at radius 2 is 2.00 bits per heavy atom. The summed E-state index contributed by atoms with van der Waals surface area (Å²) in [4.78, 5) is 24.3. The quantitative estimate of drug-likeness (QED) is 0.824. The molecule has 0 atom stereocenters. The predicted molar refractivity (Wildman–Crippen MR) is 66.5 cm³/mol. The zero-order valence-electron chi connectivity index (χ0n) is 11.0. The normalized spacial score (nSPS) is 14.9. The van der Waals surface area contributed by atoms with Crippen molar-refractivity contribution in [1.82, 2.24) is 19.9 Å². The zero-order chi connectivity index (χ0) is 13.8. The van der Waals surface area contributed by atoms with Crippen LogP contribution in [0.2, 0.25) is 0 Å². The molecule has 19 heavy (non-hydrogen) atoms. The lowest BCUT2D eigenvalue weighted by Crippen LogP contribution is -2.31. The highest BCUT2D eigenvalue weighted by molar-refractivity contribution is 5.76. The molecule has 1 fully saturated rings.